The van der Waals surface area contributed by atoms with Gasteiger partial charge < -0.3 is 10.4 Å². The molecule has 1 atom stereocenters. The molecule has 1 aromatic heterocycles. The highest BCUT2D eigenvalue weighted by Crippen LogP contribution is 2.22. The van der Waals surface area contributed by atoms with Crippen molar-refractivity contribution in [1.82, 2.24) is 10.3 Å². The Morgan fingerprint density at radius 2 is 2.20 bits per heavy atom. The van der Waals surface area contributed by atoms with Crippen LogP contribution >= 0.6 is 11.3 Å². The molecular weight excluding hydrogens is 272 g/mol. The van der Waals surface area contributed by atoms with Crippen LogP contribution in [-0.4, -0.2) is 28.6 Å². The van der Waals surface area contributed by atoms with Crippen LogP contribution in [0.4, 0.5) is 0 Å². The van der Waals surface area contributed by atoms with Gasteiger partial charge in [-0.3, -0.25) is 4.79 Å². The van der Waals surface area contributed by atoms with Gasteiger partial charge in [0.2, 0.25) is 5.91 Å². The third kappa shape index (κ3) is 3.88. The summed E-state index contributed by atoms with van der Waals surface area (Å²) in [4.78, 5) is 16.0. The molecule has 2 rings (SSSR count). The highest BCUT2D eigenvalue weighted by atomic mass is 32.1. The Bertz CT molecular complexity index is 586. The third-order valence-electron chi connectivity index (χ3n) is 2.94. The number of benzene rings is 1. The van der Waals surface area contributed by atoms with Gasteiger partial charge in [-0.1, -0.05) is 26.0 Å². The van der Waals surface area contributed by atoms with Gasteiger partial charge in [-0.2, -0.15) is 0 Å². The van der Waals surface area contributed by atoms with Gasteiger partial charge in [0, 0.05) is 12.6 Å². The van der Waals surface area contributed by atoms with E-state index in [1.807, 2.05) is 38.1 Å². The molecule has 2 aromatic rings. The molecule has 1 heterocycles. The number of carbonyl (C=O) groups excluding carboxylic acids is 1. The molecular formula is C15H18N2O2S. The van der Waals surface area contributed by atoms with E-state index in [4.69, 9.17) is 0 Å². The van der Waals surface area contributed by atoms with Gasteiger partial charge in [-0.25, -0.2) is 4.98 Å². The second-order valence-corrected chi connectivity index (χ2v) is 5.97. The van der Waals surface area contributed by atoms with Crippen molar-refractivity contribution in [2.24, 2.45) is 5.92 Å². The van der Waals surface area contributed by atoms with Crippen LogP contribution < -0.4 is 5.32 Å². The molecule has 0 fully saturated rings. The van der Waals surface area contributed by atoms with Crippen molar-refractivity contribution < 1.29 is 9.90 Å². The molecule has 0 radical (unpaired) electrons. The number of fused-ring (bicyclic) bond motifs is 1. The van der Waals surface area contributed by atoms with Crippen molar-refractivity contribution in [3.05, 3.63) is 35.3 Å². The molecule has 0 aliphatic heterocycles. The molecule has 0 aliphatic carbocycles. The average molecular weight is 290 g/mol. The van der Waals surface area contributed by atoms with E-state index in [0.717, 1.165) is 15.2 Å². The fraction of sp³-hybridized carbons (Fsp3) is 0.333. The van der Waals surface area contributed by atoms with Crippen LogP contribution in [-0.2, 0) is 4.79 Å². The molecule has 2 N–H and O–H groups in total. The van der Waals surface area contributed by atoms with Crippen LogP contribution in [0, 0.1) is 5.92 Å². The van der Waals surface area contributed by atoms with E-state index >= 15 is 0 Å². The first-order valence-corrected chi connectivity index (χ1v) is 7.37. The highest BCUT2D eigenvalue weighted by molar-refractivity contribution is 7.19. The summed E-state index contributed by atoms with van der Waals surface area (Å²) in [6.45, 7) is 4.09. The lowest BCUT2D eigenvalue weighted by molar-refractivity contribution is -0.117. The minimum Gasteiger partial charge on any atom is -0.391 e. The SMILES string of the molecule is CC(C)C(O)CNC(=O)/C=C/c1nc2ccccc2s1. The fourth-order valence-electron chi connectivity index (χ4n) is 1.61. The molecule has 0 saturated carbocycles. The number of nitrogens with one attached hydrogen (secondary N) is 1. The van der Waals surface area contributed by atoms with Crippen LogP contribution in [0.5, 0.6) is 0 Å². The van der Waals surface area contributed by atoms with E-state index in [-0.39, 0.29) is 18.4 Å². The maximum atomic E-state index is 11.6. The second kappa shape index (κ2) is 6.63. The first kappa shape index (κ1) is 14.7. The number of aliphatic hydroxyl groups excluding tert-OH is 1. The Hall–Kier alpha value is -1.72. The van der Waals surface area contributed by atoms with Crippen molar-refractivity contribution in [3.8, 4) is 0 Å². The lowest BCUT2D eigenvalue weighted by atomic mass is 10.1. The number of para-hydroxylation sites is 1. The van der Waals surface area contributed by atoms with Crippen molar-refractivity contribution in [2.45, 2.75) is 20.0 Å². The van der Waals surface area contributed by atoms with Crippen molar-refractivity contribution in [2.75, 3.05) is 6.54 Å². The third-order valence-corrected chi connectivity index (χ3v) is 3.94. The van der Waals surface area contributed by atoms with E-state index in [2.05, 4.69) is 10.3 Å². The van der Waals surface area contributed by atoms with E-state index in [1.54, 1.807) is 17.4 Å². The molecule has 0 aliphatic rings. The Morgan fingerprint density at radius 1 is 1.45 bits per heavy atom. The molecule has 20 heavy (non-hydrogen) atoms. The van der Waals surface area contributed by atoms with Gasteiger partial charge in [0.15, 0.2) is 0 Å². The van der Waals surface area contributed by atoms with Gasteiger partial charge in [0.05, 0.1) is 16.3 Å². The number of carbonyl (C=O) groups is 1. The number of thiazole rings is 1. The lowest BCUT2D eigenvalue weighted by Crippen LogP contribution is -2.33. The summed E-state index contributed by atoms with van der Waals surface area (Å²) in [5, 5.41) is 13.1. The van der Waals surface area contributed by atoms with Crippen LogP contribution in [0.15, 0.2) is 30.3 Å². The molecule has 4 nitrogen and oxygen atoms in total. The number of aliphatic hydroxyl groups is 1. The van der Waals surface area contributed by atoms with E-state index in [1.165, 1.54) is 6.08 Å². The van der Waals surface area contributed by atoms with Gasteiger partial charge >= 0.3 is 0 Å². The van der Waals surface area contributed by atoms with Crippen LogP contribution in [0.3, 0.4) is 0 Å². The zero-order valence-corrected chi connectivity index (χ0v) is 12.4. The standard InChI is InChI=1S/C15H18N2O2S/c1-10(2)12(18)9-16-14(19)7-8-15-17-11-5-3-4-6-13(11)20-15/h3-8,10,12,18H,9H2,1-2H3,(H,16,19)/b8-7+. The lowest BCUT2D eigenvalue weighted by Gasteiger charge is -2.13. The number of amides is 1. The van der Waals surface area contributed by atoms with Gasteiger partial charge in [0.1, 0.15) is 5.01 Å². The predicted octanol–water partition coefficient (Wildman–Crippen LogP) is 2.44. The molecule has 5 heteroatoms. The Kier molecular flexibility index (Phi) is 4.87. The van der Waals surface area contributed by atoms with E-state index in [9.17, 15) is 9.90 Å². The second-order valence-electron chi connectivity index (χ2n) is 4.91. The van der Waals surface area contributed by atoms with E-state index < -0.39 is 6.10 Å². The summed E-state index contributed by atoms with van der Waals surface area (Å²) in [5.74, 6) is -0.0903. The first-order chi connectivity index (χ1) is 9.56. The molecule has 106 valence electrons. The number of hydrogen-bond acceptors (Lipinski definition) is 4. The summed E-state index contributed by atoms with van der Waals surface area (Å²) in [6.07, 6.45) is 2.63. The smallest absolute Gasteiger partial charge is 0.244 e. The monoisotopic (exact) mass is 290 g/mol. The van der Waals surface area contributed by atoms with Crippen LogP contribution in [0.1, 0.15) is 18.9 Å². The number of aromatic nitrogens is 1. The number of rotatable bonds is 5. The first-order valence-electron chi connectivity index (χ1n) is 6.56. The predicted molar refractivity (Wildman–Crippen MR) is 82.5 cm³/mol. The van der Waals surface area contributed by atoms with Crippen LogP contribution in [0.2, 0.25) is 0 Å². The van der Waals surface area contributed by atoms with Crippen LogP contribution in [0.25, 0.3) is 16.3 Å². The minimum absolute atomic E-state index is 0.128. The minimum atomic E-state index is -0.519. The molecule has 1 unspecified atom stereocenters. The molecule has 1 amide bonds. The summed E-state index contributed by atoms with van der Waals surface area (Å²) in [5.41, 5.74) is 0.938. The molecule has 1 aromatic carbocycles. The molecule has 0 saturated heterocycles. The van der Waals surface area contributed by atoms with E-state index in [0.29, 0.717) is 0 Å². The van der Waals surface area contributed by atoms with Crippen molar-refractivity contribution >= 4 is 33.5 Å². The maximum Gasteiger partial charge on any atom is 0.244 e. The van der Waals surface area contributed by atoms with Gasteiger partial charge in [-0.05, 0) is 24.1 Å². The summed E-state index contributed by atoms with van der Waals surface area (Å²) < 4.78 is 1.10. The van der Waals surface area contributed by atoms with Gasteiger partial charge in [-0.15, -0.1) is 11.3 Å². The Labute approximate surface area is 122 Å². The fourth-order valence-corrected chi connectivity index (χ4v) is 2.48. The maximum absolute atomic E-state index is 11.6. The normalized spacial score (nSPS) is 13.2. The van der Waals surface area contributed by atoms with Gasteiger partial charge in [0.25, 0.3) is 0 Å². The number of nitrogens with zero attached hydrogens (tertiary/aromatic N) is 1. The molecule has 0 bridgehead atoms. The average Bonchev–Trinajstić information content (AvgIpc) is 2.85. The largest absolute Gasteiger partial charge is 0.391 e. The summed E-state index contributed by atoms with van der Waals surface area (Å²) in [6, 6.07) is 7.86. The zero-order valence-electron chi connectivity index (χ0n) is 11.5. The quantitative estimate of drug-likeness (QED) is 0.831. The highest BCUT2D eigenvalue weighted by Gasteiger charge is 2.09. The van der Waals surface area contributed by atoms with Crippen molar-refractivity contribution in [1.29, 1.82) is 0 Å². The summed E-state index contributed by atoms with van der Waals surface area (Å²) in [7, 11) is 0. The topological polar surface area (TPSA) is 62.2 Å². The zero-order chi connectivity index (χ0) is 14.5. The Morgan fingerprint density at radius 3 is 2.90 bits per heavy atom. The molecule has 0 spiro atoms. The number of hydrogen-bond donors (Lipinski definition) is 2. The van der Waals surface area contributed by atoms with Crippen molar-refractivity contribution in [3.63, 3.8) is 0 Å². The summed E-state index contributed by atoms with van der Waals surface area (Å²) >= 11 is 1.54. The Balaban J connectivity index is 1.93.